The fraction of sp³-hybridized carbons (Fsp3) is 0.158. The molecule has 2 aromatic carbocycles. The van der Waals surface area contributed by atoms with Crippen molar-refractivity contribution in [3.63, 3.8) is 0 Å². The number of carbonyl (C=O) groups excluding carboxylic acids is 1. The standard InChI is InChI=1S/C19H16ClNO4/c1-13(24-16-5-3-2-4-6-16)19(22)23-12-17-11-18(21-25-17)14-7-9-15(20)10-8-14/h2-11,13H,12H2,1H3. The molecule has 1 atom stereocenters. The summed E-state index contributed by atoms with van der Waals surface area (Å²) in [6.07, 6.45) is -0.721. The van der Waals surface area contributed by atoms with Crippen LogP contribution in [0.15, 0.2) is 65.2 Å². The van der Waals surface area contributed by atoms with Gasteiger partial charge in [-0.1, -0.05) is 47.1 Å². The van der Waals surface area contributed by atoms with Crippen LogP contribution in [0, 0.1) is 0 Å². The highest BCUT2D eigenvalue weighted by molar-refractivity contribution is 6.30. The van der Waals surface area contributed by atoms with Crippen LogP contribution in [0.4, 0.5) is 0 Å². The Morgan fingerprint density at radius 2 is 1.88 bits per heavy atom. The van der Waals surface area contributed by atoms with E-state index < -0.39 is 12.1 Å². The Hall–Kier alpha value is -2.79. The van der Waals surface area contributed by atoms with Gasteiger partial charge in [0, 0.05) is 16.7 Å². The topological polar surface area (TPSA) is 61.6 Å². The molecular formula is C19H16ClNO4. The lowest BCUT2D eigenvalue weighted by Crippen LogP contribution is -2.25. The van der Waals surface area contributed by atoms with E-state index in [1.165, 1.54) is 0 Å². The van der Waals surface area contributed by atoms with Crippen LogP contribution in [0.3, 0.4) is 0 Å². The molecule has 0 radical (unpaired) electrons. The predicted molar refractivity (Wildman–Crippen MR) is 93.3 cm³/mol. The number of benzene rings is 2. The fourth-order valence-electron chi connectivity index (χ4n) is 2.15. The van der Waals surface area contributed by atoms with E-state index in [9.17, 15) is 4.79 Å². The van der Waals surface area contributed by atoms with Gasteiger partial charge < -0.3 is 14.0 Å². The van der Waals surface area contributed by atoms with Crippen LogP contribution >= 0.6 is 11.6 Å². The first kappa shape index (κ1) is 17.0. The molecule has 0 aliphatic rings. The van der Waals surface area contributed by atoms with Crippen molar-refractivity contribution < 1.29 is 18.8 Å². The minimum atomic E-state index is -0.721. The van der Waals surface area contributed by atoms with Crippen molar-refractivity contribution in [1.29, 1.82) is 0 Å². The molecular weight excluding hydrogens is 342 g/mol. The van der Waals surface area contributed by atoms with Gasteiger partial charge in [-0.2, -0.15) is 0 Å². The summed E-state index contributed by atoms with van der Waals surface area (Å²) in [5.41, 5.74) is 1.52. The number of carbonyl (C=O) groups is 1. The summed E-state index contributed by atoms with van der Waals surface area (Å²) in [7, 11) is 0. The van der Waals surface area contributed by atoms with Gasteiger partial charge in [-0.15, -0.1) is 0 Å². The molecule has 0 saturated carbocycles. The van der Waals surface area contributed by atoms with Crippen molar-refractivity contribution >= 4 is 17.6 Å². The van der Waals surface area contributed by atoms with Crippen LogP contribution in [-0.4, -0.2) is 17.2 Å². The lowest BCUT2D eigenvalue weighted by Gasteiger charge is -2.13. The Bertz CT molecular complexity index is 830. The first-order valence-corrected chi connectivity index (χ1v) is 8.09. The van der Waals surface area contributed by atoms with E-state index in [0.717, 1.165) is 5.56 Å². The lowest BCUT2D eigenvalue weighted by atomic mass is 10.1. The summed E-state index contributed by atoms with van der Waals surface area (Å²) in [4.78, 5) is 12.0. The summed E-state index contributed by atoms with van der Waals surface area (Å²) in [6, 6.07) is 18.0. The molecule has 5 nitrogen and oxygen atoms in total. The van der Waals surface area contributed by atoms with Crippen molar-refractivity contribution in [3.05, 3.63) is 71.4 Å². The molecule has 0 amide bonds. The summed E-state index contributed by atoms with van der Waals surface area (Å²) < 4.78 is 15.9. The van der Waals surface area contributed by atoms with Gasteiger partial charge in [0.1, 0.15) is 11.4 Å². The number of para-hydroxylation sites is 1. The number of ether oxygens (including phenoxy) is 2. The third-order valence-electron chi connectivity index (χ3n) is 3.44. The zero-order valence-electron chi connectivity index (χ0n) is 13.5. The first-order chi connectivity index (χ1) is 12.1. The first-order valence-electron chi connectivity index (χ1n) is 7.72. The van der Waals surface area contributed by atoms with Gasteiger partial charge >= 0.3 is 5.97 Å². The number of nitrogens with zero attached hydrogens (tertiary/aromatic N) is 1. The molecule has 0 saturated heterocycles. The van der Waals surface area contributed by atoms with Crippen molar-refractivity contribution in [3.8, 4) is 17.0 Å². The highest BCUT2D eigenvalue weighted by Crippen LogP contribution is 2.21. The summed E-state index contributed by atoms with van der Waals surface area (Å²) in [5.74, 6) is 0.579. The van der Waals surface area contributed by atoms with Crippen LogP contribution in [0.2, 0.25) is 5.02 Å². The molecule has 0 aliphatic heterocycles. The van der Waals surface area contributed by atoms with E-state index >= 15 is 0 Å². The largest absolute Gasteiger partial charge is 0.479 e. The average Bonchev–Trinajstić information content (AvgIpc) is 3.10. The van der Waals surface area contributed by atoms with Crippen molar-refractivity contribution in [2.24, 2.45) is 0 Å². The van der Waals surface area contributed by atoms with Crippen LogP contribution < -0.4 is 4.74 Å². The third kappa shape index (κ3) is 4.61. The minimum absolute atomic E-state index is 0.0120. The van der Waals surface area contributed by atoms with Crippen LogP contribution in [-0.2, 0) is 16.1 Å². The maximum absolute atomic E-state index is 12.0. The van der Waals surface area contributed by atoms with Crippen molar-refractivity contribution in [2.75, 3.05) is 0 Å². The number of aromatic nitrogens is 1. The molecule has 25 heavy (non-hydrogen) atoms. The molecule has 3 rings (SSSR count). The molecule has 0 aliphatic carbocycles. The van der Waals surface area contributed by atoms with E-state index in [0.29, 0.717) is 22.2 Å². The van der Waals surface area contributed by atoms with Gasteiger partial charge in [0.05, 0.1) is 0 Å². The molecule has 3 aromatic rings. The quantitative estimate of drug-likeness (QED) is 0.607. The van der Waals surface area contributed by atoms with Crippen LogP contribution in [0.25, 0.3) is 11.3 Å². The zero-order valence-corrected chi connectivity index (χ0v) is 14.3. The molecule has 128 valence electrons. The highest BCUT2D eigenvalue weighted by Gasteiger charge is 2.17. The molecule has 1 heterocycles. The molecule has 0 spiro atoms. The smallest absolute Gasteiger partial charge is 0.347 e. The Morgan fingerprint density at radius 3 is 2.60 bits per heavy atom. The minimum Gasteiger partial charge on any atom is -0.479 e. The van der Waals surface area contributed by atoms with E-state index in [-0.39, 0.29) is 6.61 Å². The van der Waals surface area contributed by atoms with Gasteiger partial charge in [-0.3, -0.25) is 0 Å². The number of halogens is 1. The monoisotopic (exact) mass is 357 g/mol. The van der Waals surface area contributed by atoms with Gasteiger partial charge in [0.2, 0.25) is 0 Å². The lowest BCUT2D eigenvalue weighted by molar-refractivity contribution is -0.153. The number of hydrogen-bond acceptors (Lipinski definition) is 5. The Labute approximate surface area is 150 Å². The third-order valence-corrected chi connectivity index (χ3v) is 3.70. The second-order valence-electron chi connectivity index (χ2n) is 5.37. The second-order valence-corrected chi connectivity index (χ2v) is 5.80. The molecule has 6 heteroatoms. The number of esters is 1. The molecule has 0 N–H and O–H groups in total. The Kier molecular flexibility index (Phi) is 5.36. The van der Waals surface area contributed by atoms with Crippen LogP contribution in [0.5, 0.6) is 5.75 Å². The molecule has 0 fully saturated rings. The summed E-state index contributed by atoms with van der Waals surface area (Å²) in [5, 5.41) is 4.61. The van der Waals surface area contributed by atoms with E-state index in [1.807, 2.05) is 30.3 Å². The SMILES string of the molecule is CC(Oc1ccccc1)C(=O)OCc1cc(-c2ccc(Cl)cc2)no1. The van der Waals surface area contributed by atoms with Gasteiger partial charge in [0.15, 0.2) is 18.5 Å². The van der Waals surface area contributed by atoms with Crippen LogP contribution in [0.1, 0.15) is 12.7 Å². The van der Waals surface area contributed by atoms with Gasteiger partial charge in [-0.05, 0) is 31.2 Å². The molecule has 0 bridgehead atoms. The Morgan fingerprint density at radius 1 is 1.16 bits per heavy atom. The summed E-state index contributed by atoms with van der Waals surface area (Å²) in [6.45, 7) is 1.62. The number of rotatable bonds is 6. The van der Waals surface area contributed by atoms with E-state index in [2.05, 4.69) is 5.16 Å². The van der Waals surface area contributed by atoms with Gasteiger partial charge in [0.25, 0.3) is 0 Å². The number of hydrogen-bond donors (Lipinski definition) is 0. The average molecular weight is 358 g/mol. The zero-order chi connectivity index (χ0) is 17.6. The van der Waals surface area contributed by atoms with Crippen molar-refractivity contribution in [1.82, 2.24) is 5.16 Å². The van der Waals surface area contributed by atoms with E-state index in [4.69, 9.17) is 25.6 Å². The Balaban J connectivity index is 1.54. The fourth-order valence-corrected chi connectivity index (χ4v) is 2.27. The highest BCUT2D eigenvalue weighted by atomic mass is 35.5. The molecule has 1 aromatic heterocycles. The molecule has 1 unspecified atom stereocenters. The van der Waals surface area contributed by atoms with Gasteiger partial charge in [-0.25, -0.2) is 4.79 Å². The maximum atomic E-state index is 12.0. The second kappa shape index (κ2) is 7.85. The van der Waals surface area contributed by atoms with Crippen molar-refractivity contribution in [2.45, 2.75) is 19.6 Å². The normalized spacial score (nSPS) is 11.8. The van der Waals surface area contributed by atoms with E-state index in [1.54, 1.807) is 37.3 Å². The predicted octanol–water partition coefficient (Wildman–Crippen LogP) is 4.51. The maximum Gasteiger partial charge on any atom is 0.347 e. The summed E-state index contributed by atoms with van der Waals surface area (Å²) >= 11 is 5.86.